The summed E-state index contributed by atoms with van der Waals surface area (Å²) in [4.78, 5) is 19.6. The summed E-state index contributed by atoms with van der Waals surface area (Å²) >= 11 is 0. The molecule has 1 amide bonds. The van der Waals surface area contributed by atoms with Gasteiger partial charge in [0.15, 0.2) is 0 Å². The molecule has 1 atom stereocenters. The van der Waals surface area contributed by atoms with E-state index in [0.29, 0.717) is 0 Å². The standard InChI is InChI=1S/C15H17N3O2/c19-15(9-3-4-9)16-10-5-6-11-12(8-10)18-14(17-11)13-2-1-7-20-13/h5-6,8-9,13H,1-4,7H2,(H,16,19)(H,17,18)/t13-/m0/s1. The van der Waals surface area contributed by atoms with Crippen LogP contribution >= 0.6 is 0 Å². The summed E-state index contributed by atoms with van der Waals surface area (Å²) in [6.07, 6.45) is 4.23. The summed E-state index contributed by atoms with van der Waals surface area (Å²) < 4.78 is 5.64. The van der Waals surface area contributed by atoms with Crippen molar-refractivity contribution in [2.24, 2.45) is 5.92 Å². The molecule has 5 heteroatoms. The van der Waals surface area contributed by atoms with E-state index < -0.39 is 0 Å². The Hall–Kier alpha value is -1.88. The molecule has 2 aliphatic rings. The average molecular weight is 271 g/mol. The Bertz CT molecular complexity index is 654. The molecule has 2 fully saturated rings. The van der Waals surface area contributed by atoms with E-state index in [1.54, 1.807) is 0 Å². The van der Waals surface area contributed by atoms with Gasteiger partial charge in [-0.15, -0.1) is 0 Å². The molecule has 4 rings (SSSR count). The van der Waals surface area contributed by atoms with Crippen molar-refractivity contribution in [1.82, 2.24) is 9.97 Å². The molecule has 2 N–H and O–H groups in total. The first-order valence-electron chi connectivity index (χ1n) is 7.22. The normalized spacial score (nSPS) is 22.3. The smallest absolute Gasteiger partial charge is 0.227 e. The number of carbonyl (C=O) groups is 1. The van der Waals surface area contributed by atoms with Gasteiger partial charge in [-0.05, 0) is 43.9 Å². The molecule has 0 radical (unpaired) electrons. The zero-order valence-corrected chi connectivity index (χ0v) is 11.2. The topological polar surface area (TPSA) is 67.0 Å². The molecular formula is C15H17N3O2. The number of nitrogens with zero attached hydrogens (tertiary/aromatic N) is 1. The van der Waals surface area contributed by atoms with Crippen LogP contribution in [0.4, 0.5) is 5.69 Å². The first kappa shape index (κ1) is 11.9. The number of H-pyrrole nitrogens is 1. The summed E-state index contributed by atoms with van der Waals surface area (Å²) in [7, 11) is 0. The maximum Gasteiger partial charge on any atom is 0.227 e. The molecule has 1 aliphatic carbocycles. The highest BCUT2D eigenvalue weighted by molar-refractivity contribution is 5.95. The van der Waals surface area contributed by atoms with Crippen molar-refractivity contribution in [3.63, 3.8) is 0 Å². The lowest BCUT2D eigenvalue weighted by molar-refractivity contribution is -0.117. The number of ether oxygens (including phenoxy) is 1. The van der Waals surface area contributed by atoms with Crippen LogP contribution in [-0.2, 0) is 9.53 Å². The SMILES string of the molecule is O=C(Nc1ccc2nc([C@@H]3CCCO3)[nH]c2c1)C1CC1. The Morgan fingerprint density at radius 1 is 1.35 bits per heavy atom. The van der Waals surface area contributed by atoms with E-state index in [1.807, 2.05) is 18.2 Å². The Kier molecular flexibility index (Phi) is 2.73. The average Bonchev–Trinajstić information content (AvgIpc) is 3.00. The second-order valence-corrected chi connectivity index (χ2v) is 5.62. The molecule has 1 aliphatic heterocycles. The predicted molar refractivity (Wildman–Crippen MR) is 75.4 cm³/mol. The minimum absolute atomic E-state index is 0.0897. The van der Waals surface area contributed by atoms with Gasteiger partial charge in [-0.3, -0.25) is 4.79 Å². The number of amides is 1. The number of aromatic amines is 1. The maximum absolute atomic E-state index is 11.8. The summed E-state index contributed by atoms with van der Waals surface area (Å²) in [5.74, 6) is 1.24. The van der Waals surface area contributed by atoms with Crippen molar-refractivity contribution in [2.45, 2.75) is 31.8 Å². The molecule has 1 aromatic carbocycles. The van der Waals surface area contributed by atoms with Gasteiger partial charge in [-0.1, -0.05) is 0 Å². The van der Waals surface area contributed by atoms with E-state index in [2.05, 4.69) is 15.3 Å². The molecular weight excluding hydrogens is 254 g/mol. The predicted octanol–water partition coefficient (Wildman–Crippen LogP) is 2.76. The van der Waals surface area contributed by atoms with Crippen LogP contribution in [0.3, 0.4) is 0 Å². The van der Waals surface area contributed by atoms with Gasteiger partial charge < -0.3 is 15.0 Å². The largest absolute Gasteiger partial charge is 0.370 e. The Morgan fingerprint density at radius 2 is 2.25 bits per heavy atom. The summed E-state index contributed by atoms with van der Waals surface area (Å²) in [5, 5.41) is 2.96. The monoisotopic (exact) mass is 271 g/mol. The molecule has 2 aromatic rings. The molecule has 104 valence electrons. The highest BCUT2D eigenvalue weighted by Crippen LogP contribution is 2.31. The number of rotatable bonds is 3. The number of anilines is 1. The summed E-state index contributed by atoms with van der Waals surface area (Å²) in [6, 6.07) is 5.79. The Balaban J connectivity index is 1.59. The highest BCUT2D eigenvalue weighted by Gasteiger charge is 2.29. The number of carbonyl (C=O) groups excluding carboxylic acids is 1. The molecule has 5 nitrogen and oxygen atoms in total. The Morgan fingerprint density at radius 3 is 3.00 bits per heavy atom. The third-order valence-electron chi connectivity index (χ3n) is 3.95. The van der Waals surface area contributed by atoms with E-state index in [-0.39, 0.29) is 17.9 Å². The number of fused-ring (bicyclic) bond motifs is 1. The zero-order valence-electron chi connectivity index (χ0n) is 11.2. The highest BCUT2D eigenvalue weighted by atomic mass is 16.5. The molecule has 0 unspecified atom stereocenters. The number of aromatic nitrogens is 2. The van der Waals surface area contributed by atoms with Crippen molar-refractivity contribution in [3.8, 4) is 0 Å². The van der Waals surface area contributed by atoms with Gasteiger partial charge in [0, 0.05) is 18.2 Å². The van der Waals surface area contributed by atoms with E-state index in [4.69, 9.17) is 4.74 Å². The zero-order chi connectivity index (χ0) is 13.5. The quantitative estimate of drug-likeness (QED) is 0.902. The molecule has 0 bridgehead atoms. The van der Waals surface area contributed by atoms with Gasteiger partial charge in [-0.2, -0.15) is 0 Å². The third kappa shape index (κ3) is 2.18. The van der Waals surface area contributed by atoms with Gasteiger partial charge in [-0.25, -0.2) is 4.98 Å². The van der Waals surface area contributed by atoms with Crippen LogP contribution in [0.1, 0.15) is 37.6 Å². The molecule has 1 saturated carbocycles. The second kappa shape index (κ2) is 4.59. The molecule has 1 aromatic heterocycles. The Labute approximate surface area is 116 Å². The van der Waals surface area contributed by atoms with Crippen molar-refractivity contribution in [2.75, 3.05) is 11.9 Å². The molecule has 1 saturated heterocycles. The van der Waals surface area contributed by atoms with E-state index in [1.165, 1.54) is 0 Å². The lowest BCUT2D eigenvalue weighted by atomic mass is 10.2. The van der Waals surface area contributed by atoms with Crippen LogP contribution in [0.2, 0.25) is 0 Å². The number of hydrogen-bond donors (Lipinski definition) is 2. The van der Waals surface area contributed by atoms with Gasteiger partial charge in [0.05, 0.1) is 11.0 Å². The van der Waals surface area contributed by atoms with Crippen LogP contribution in [0, 0.1) is 5.92 Å². The number of imidazole rings is 1. The van der Waals surface area contributed by atoms with Crippen LogP contribution in [0.5, 0.6) is 0 Å². The van der Waals surface area contributed by atoms with Gasteiger partial charge in [0.1, 0.15) is 11.9 Å². The van der Waals surface area contributed by atoms with Crippen LogP contribution < -0.4 is 5.32 Å². The van der Waals surface area contributed by atoms with Crippen molar-refractivity contribution in [3.05, 3.63) is 24.0 Å². The fourth-order valence-electron chi connectivity index (χ4n) is 2.64. The molecule has 2 heterocycles. The van der Waals surface area contributed by atoms with E-state index >= 15 is 0 Å². The number of benzene rings is 1. The van der Waals surface area contributed by atoms with E-state index in [0.717, 1.165) is 54.8 Å². The first-order valence-corrected chi connectivity index (χ1v) is 7.22. The van der Waals surface area contributed by atoms with Crippen LogP contribution in [-0.4, -0.2) is 22.5 Å². The van der Waals surface area contributed by atoms with E-state index in [9.17, 15) is 4.79 Å². The first-order chi connectivity index (χ1) is 9.79. The van der Waals surface area contributed by atoms with Crippen molar-refractivity contribution in [1.29, 1.82) is 0 Å². The third-order valence-corrected chi connectivity index (χ3v) is 3.95. The van der Waals surface area contributed by atoms with Crippen LogP contribution in [0.15, 0.2) is 18.2 Å². The fourth-order valence-corrected chi connectivity index (χ4v) is 2.64. The number of hydrogen-bond acceptors (Lipinski definition) is 3. The molecule has 20 heavy (non-hydrogen) atoms. The van der Waals surface area contributed by atoms with Gasteiger partial charge in [0.25, 0.3) is 0 Å². The van der Waals surface area contributed by atoms with Crippen molar-refractivity contribution < 1.29 is 9.53 Å². The summed E-state index contributed by atoms with van der Waals surface area (Å²) in [6.45, 7) is 0.810. The van der Waals surface area contributed by atoms with Crippen LogP contribution in [0.25, 0.3) is 11.0 Å². The van der Waals surface area contributed by atoms with Gasteiger partial charge in [0.2, 0.25) is 5.91 Å². The maximum atomic E-state index is 11.8. The lowest BCUT2D eigenvalue weighted by Gasteiger charge is -2.04. The fraction of sp³-hybridized carbons (Fsp3) is 0.467. The number of nitrogens with one attached hydrogen (secondary N) is 2. The van der Waals surface area contributed by atoms with Gasteiger partial charge >= 0.3 is 0 Å². The summed E-state index contributed by atoms with van der Waals surface area (Å²) in [5.41, 5.74) is 2.70. The second-order valence-electron chi connectivity index (χ2n) is 5.62. The minimum Gasteiger partial charge on any atom is -0.370 e. The van der Waals surface area contributed by atoms with Crippen molar-refractivity contribution >= 4 is 22.6 Å². The minimum atomic E-state index is 0.0897. The molecule has 0 spiro atoms. The lowest BCUT2D eigenvalue weighted by Crippen LogP contribution is -2.12.